The van der Waals surface area contributed by atoms with E-state index in [-0.39, 0.29) is 23.7 Å². The molecule has 2 N–H and O–H groups in total. The van der Waals surface area contributed by atoms with Crippen LogP contribution in [0.15, 0.2) is 24.3 Å². The molecule has 0 spiro atoms. The van der Waals surface area contributed by atoms with Crippen molar-refractivity contribution in [1.29, 1.82) is 0 Å². The molecule has 0 bridgehead atoms. The number of alkyl halides is 1. The fourth-order valence-electron chi connectivity index (χ4n) is 2.25. The molecule has 114 valence electrons. The second-order valence-electron chi connectivity index (χ2n) is 4.88. The Bertz CT molecular complexity index is 509. The van der Waals surface area contributed by atoms with E-state index in [2.05, 4.69) is 10.6 Å². The van der Waals surface area contributed by atoms with Gasteiger partial charge in [0.15, 0.2) is 0 Å². The summed E-state index contributed by atoms with van der Waals surface area (Å²) >= 11 is 5.47. The van der Waals surface area contributed by atoms with Crippen LogP contribution < -0.4 is 15.5 Å². The van der Waals surface area contributed by atoms with Crippen LogP contribution in [0, 0.1) is 11.7 Å². The van der Waals surface area contributed by atoms with E-state index in [1.165, 1.54) is 12.1 Å². The molecule has 1 saturated heterocycles. The van der Waals surface area contributed by atoms with Crippen LogP contribution in [0.25, 0.3) is 0 Å². The average molecular weight is 314 g/mol. The summed E-state index contributed by atoms with van der Waals surface area (Å²) < 4.78 is 12.9. The van der Waals surface area contributed by atoms with Gasteiger partial charge in [0.2, 0.25) is 5.91 Å². The SMILES string of the molecule is O=C(NCCCl)NCC1CC(=O)N(c2ccc(F)cc2)C1. The number of halogens is 2. The van der Waals surface area contributed by atoms with Gasteiger partial charge in [-0.1, -0.05) is 0 Å². The van der Waals surface area contributed by atoms with Crippen molar-refractivity contribution in [3.63, 3.8) is 0 Å². The van der Waals surface area contributed by atoms with E-state index in [9.17, 15) is 14.0 Å². The van der Waals surface area contributed by atoms with E-state index in [0.29, 0.717) is 37.6 Å². The molecule has 2 rings (SSSR count). The lowest BCUT2D eigenvalue weighted by atomic mass is 10.1. The molecule has 1 unspecified atom stereocenters. The maximum absolute atomic E-state index is 12.9. The highest BCUT2D eigenvalue weighted by Crippen LogP contribution is 2.24. The van der Waals surface area contributed by atoms with Crippen molar-refractivity contribution in [2.45, 2.75) is 6.42 Å². The highest BCUT2D eigenvalue weighted by molar-refractivity contribution is 6.18. The van der Waals surface area contributed by atoms with Gasteiger partial charge >= 0.3 is 6.03 Å². The molecule has 1 heterocycles. The Morgan fingerprint density at radius 1 is 1.33 bits per heavy atom. The largest absolute Gasteiger partial charge is 0.338 e. The summed E-state index contributed by atoms with van der Waals surface area (Å²) in [5.74, 6) is 0.0479. The molecule has 0 aliphatic carbocycles. The summed E-state index contributed by atoms with van der Waals surface area (Å²) in [6, 6.07) is 5.52. The Morgan fingerprint density at radius 3 is 2.71 bits per heavy atom. The standard InChI is InChI=1S/C14H17ClFN3O2/c15-5-6-17-14(21)18-8-10-7-13(20)19(9-10)12-3-1-11(16)2-4-12/h1-4,10H,5-9H2,(H2,17,18,21). The number of carbonyl (C=O) groups excluding carboxylic acids is 2. The summed E-state index contributed by atoms with van der Waals surface area (Å²) in [4.78, 5) is 25.0. The molecule has 1 aliphatic heterocycles. The molecule has 5 nitrogen and oxygen atoms in total. The highest BCUT2D eigenvalue weighted by atomic mass is 35.5. The van der Waals surface area contributed by atoms with Gasteiger partial charge in [-0.05, 0) is 24.3 Å². The number of urea groups is 1. The van der Waals surface area contributed by atoms with Gasteiger partial charge in [0.05, 0.1) is 0 Å². The van der Waals surface area contributed by atoms with Gasteiger partial charge in [-0.3, -0.25) is 4.79 Å². The molecule has 7 heteroatoms. The molecule has 0 radical (unpaired) electrons. The molecule has 1 fully saturated rings. The van der Waals surface area contributed by atoms with Crippen LogP contribution in [-0.4, -0.2) is 37.5 Å². The van der Waals surface area contributed by atoms with Crippen molar-refractivity contribution < 1.29 is 14.0 Å². The zero-order valence-electron chi connectivity index (χ0n) is 11.4. The predicted molar refractivity (Wildman–Crippen MR) is 79.0 cm³/mol. The lowest BCUT2D eigenvalue weighted by Crippen LogP contribution is -2.39. The van der Waals surface area contributed by atoms with Crippen molar-refractivity contribution in [3.05, 3.63) is 30.1 Å². The lowest BCUT2D eigenvalue weighted by Gasteiger charge is -2.17. The maximum Gasteiger partial charge on any atom is 0.314 e. The summed E-state index contributed by atoms with van der Waals surface area (Å²) in [7, 11) is 0. The number of carbonyl (C=O) groups is 2. The van der Waals surface area contributed by atoms with Gasteiger partial charge in [0.1, 0.15) is 5.82 Å². The van der Waals surface area contributed by atoms with E-state index < -0.39 is 0 Å². The Kier molecular flexibility index (Phi) is 5.38. The smallest absolute Gasteiger partial charge is 0.314 e. The molecule has 21 heavy (non-hydrogen) atoms. The van der Waals surface area contributed by atoms with Gasteiger partial charge in [0.25, 0.3) is 0 Å². The summed E-state index contributed by atoms with van der Waals surface area (Å²) in [6.45, 7) is 1.33. The van der Waals surface area contributed by atoms with E-state index in [1.54, 1.807) is 17.0 Å². The zero-order chi connectivity index (χ0) is 15.2. The topological polar surface area (TPSA) is 61.4 Å². The van der Waals surface area contributed by atoms with Crippen LogP contribution in [0.4, 0.5) is 14.9 Å². The van der Waals surface area contributed by atoms with Crippen LogP contribution in [0.2, 0.25) is 0 Å². The number of hydrogen-bond acceptors (Lipinski definition) is 2. The molecule has 1 aromatic carbocycles. The summed E-state index contributed by atoms with van der Waals surface area (Å²) in [5, 5.41) is 5.31. The number of anilines is 1. The van der Waals surface area contributed by atoms with E-state index in [4.69, 9.17) is 11.6 Å². The number of hydrogen-bond donors (Lipinski definition) is 2. The van der Waals surface area contributed by atoms with Gasteiger partial charge in [-0.25, -0.2) is 9.18 Å². The normalized spacial score (nSPS) is 17.9. The molecule has 0 aromatic heterocycles. The first-order valence-corrected chi connectivity index (χ1v) is 7.27. The number of nitrogens with one attached hydrogen (secondary N) is 2. The fraction of sp³-hybridized carbons (Fsp3) is 0.429. The molecule has 0 saturated carbocycles. The van der Waals surface area contributed by atoms with Crippen molar-refractivity contribution in [1.82, 2.24) is 10.6 Å². The van der Waals surface area contributed by atoms with Crippen molar-refractivity contribution in [3.8, 4) is 0 Å². The number of rotatable bonds is 5. The minimum atomic E-state index is -0.334. The van der Waals surface area contributed by atoms with Crippen LogP contribution in [0.3, 0.4) is 0 Å². The first-order chi connectivity index (χ1) is 10.1. The average Bonchev–Trinajstić information content (AvgIpc) is 2.85. The summed E-state index contributed by atoms with van der Waals surface area (Å²) in [6.07, 6.45) is 0.368. The zero-order valence-corrected chi connectivity index (χ0v) is 12.2. The van der Waals surface area contributed by atoms with Crippen molar-refractivity contribution >= 4 is 29.2 Å². The fourth-order valence-corrected chi connectivity index (χ4v) is 2.34. The van der Waals surface area contributed by atoms with Gasteiger partial charge < -0.3 is 15.5 Å². The van der Waals surface area contributed by atoms with Crippen molar-refractivity contribution in [2.75, 3.05) is 30.4 Å². The Hall–Kier alpha value is -1.82. The predicted octanol–water partition coefficient (Wildman–Crippen LogP) is 1.72. The molecular formula is C14H17ClFN3O2. The third-order valence-corrected chi connectivity index (χ3v) is 3.46. The number of benzene rings is 1. The molecule has 1 atom stereocenters. The lowest BCUT2D eigenvalue weighted by molar-refractivity contribution is -0.117. The second kappa shape index (κ2) is 7.26. The Labute approximate surface area is 127 Å². The molecular weight excluding hydrogens is 297 g/mol. The number of nitrogens with zero attached hydrogens (tertiary/aromatic N) is 1. The van der Waals surface area contributed by atoms with Gasteiger partial charge in [0, 0.05) is 43.5 Å². The minimum Gasteiger partial charge on any atom is -0.338 e. The third-order valence-electron chi connectivity index (χ3n) is 3.27. The monoisotopic (exact) mass is 313 g/mol. The first-order valence-electron chi connectivity index (χ1n) is 6.73. The van der Waals surface area contributed by atoms with E-state index >= 15 is 0 Å². The number of amides is 3. The van der Waals surface area contributed by atoms with E-state index in [1.807, 2.05) is 0 Å². The maximum atomic E-state index is 12.9. The highest BCUT2D eigenvalue weighted by Gasteiger charge is 2.30. The van der Waals surface area contributed by atoms with Crippen LogP contribution in [-0.2, 0) is 4.79 Å². The van der Waals surface area contributed by atoms with Crippen LogP contribution in [0.5, 0.6) is 0 Å². The van der Waals surface area contributed by atoms with Crippen LogP contribution >= 0.6 is 11.6 Å². The van der Waals surface area contributed by atoms with E-state index in [0.717, 1.165) is 0 Å². The molecule has 1 aromatic rings. The summed E-state index contributed by atoms with van der Waals surface area (Å²) in [5.41, 5.74) is 0.676. The Balaban J connectivity index is 1.85. The van der Waals surface area contributed by atoms with Gasteiger partial charge in [-0.2, -0.15) is 0 Å². The Morgan fingerprint density at radius 2 is 2.05 bits per heavy atom. The van der Waals surface area contributed by atoms with Gasteiger partial charge in [-0.15, -0.1) is 11.6 Å². The first kappa shape index (κ1) is 15.6. The molecule has 3 amide bonds. The van der Waals surface area contributed by atoms with Crippen molar-refractivity contribution in [2.24, 2.45) is 5.92 Å². The third kappa shape index (κ3) is 4.32. The van der Waals surface area contributed by atoms with Crippen LogP contribution in [0.1, 0.15) is 6.42 Å². The minimum absolute atomic E-state index is 0.0189. The second-order valence-corrected chi connectivity index (χ2v) is 5.25. The molecule has 1 aliphatic rings. The quantitative estimate of drug-likeness (QED) is 0.813.